The molecule has 0 spiro atoms. The summed E-state index contributed by atoms with van der Waals surface area (Å²) >= 11 is 18.1. The Labute approximate surface area is 154 Å². The van der Waals surface area contributed by atoms with E-state index in [0.29, 0.717) is 26.2 Å². The topological polar surface area (TPSA) is 49.4 Å². The SMILES string of the molecule is CC1(c2ccc(Cl)c(Cl)c2)NC(=O)N(Cc2ccccc2Cl)C1=O. The maximum atomic E-state index is 12.9. The Morgan fingerprint density at radius 1 is 1.00 bits per heavy atom. The number of carbonyl (C=O) groups excluding carboxylic acids is 2. The molecule has 0 bridgehead atoms. The number of carbonyl (C=O) groups is 2. The highest BCUT2D eigenvalue weighted by atomic mass is 35.5. The zero-order valence-corrected chi connectivity index (χ0v) is 14.9. The minimum Gasteiger partial charge on any atom is -0.319 e. The van der Waals surface area contributed by atoms with Crippen molar-refractivity contribution in [1.82, 2.24) is 10.2 Å². The van der Waals surface area contributed by atoms with Gasteiger partial charge in [-0.25, -0.2) is 4.79 Å². The third-order valence-corrected chi connectivity index (χ3v) is 5.17. The lowest BCUT2D eigenvalue weighted by Crippen LogP contribution is -2.40. The summed E-state index contributed by atoms with van der Waals surface area (Å²) in [5.41, 5.74) is 0.0602. The summed E-state index contributed by atoms with van der Waals surface area (Å²) in [5.74, 6) is -0.370. The molecule has 1 atom stereocenters. The first-order valence-corrected chi connectivity index (χ1v) is 8.29. The maximum Gasteiger partial charge on any atom is 0.325 e. The van der Waals surface area contributed by atoms with Gasteiger partial charge >= 0.3 is 6.03 Å². The van der Waals surface area contributed by atoms with Crippen molar-refractivity contribution in [3.05, 3.63) is 68.7 Å². The Morgan fingerprint density at radius 3 is 2.38 bits per heavy atom. The molecule has 1 heterocycles. The average molecular weight is 384 g/mol. The van der Waals surface area contributed by atoms with E-state index in [0.717, 1.165) is 4.90 Å². The zero-order valence-electron chi connectivity index (χ0n) is 12.6. The van der Waals surface area contributed by atoms with E-state index in [-0.39, 0.29) is 12.5 Å². The van der Waals surface area contributed by atoms with Gasteiger partial charge in [-0.3, -0.25) is 9.69 Å². The number of urea groups is 1. The third-order valence-electron chi connectivity index (χ3n) is 4.06. The van der Waals surface area contributed by atoms with Crippen LogP contribution in [0.5, 0.6) is 0 Å². The van der Waals surface area contributed by atoms with Gasteiger partial charge in [0.05, 0.1) is 16.6 Å². The number of imide groups is 1. The molecule has 2 aromatic carbocycles. The van der Waals surface area contributed by atoms with E-state index in [9.17, 15) is 9.59 Å². The minimum absolute atomic E-state index is 0.0985. The van der Waals surface area contributed by atoms with Crippen molar-refractivity contribution in [1.29, 1.82) is 0 Å². The number of hydrogen-bond donors (Lipinski definition) is 1. The van der Waals surface area contributed by atoms with E-state index in [1.165, 1.54) is 0 Å². The van der Waals surface area contributed by atoms with E-state index in [4.69, 9.17) is 34.8 Å². The van der Waals surface area contributed by atoms with Gasteiger partial charge in [-0.1, -0.05) is 59.1 Å². The van der Waals surface area contributed by atoms with Crippen LogP contribution in [-0.2, 0) is 16.9 Å². The summed E-state index contributed by atoms with van der Waals surface area (Å²) in [5, 5.41) is 3.93. The fourth-order valence-corrected chi connectivity index (χ4v) is 3.13. The molecule has 124 valence electrons. The van der Waals surface area contributed by atoms with Crippen LogP contribution in [0.2, 0.25) is 15.1 Å². The number of benzene rings is 2. The highest BCUT2D eigenvalue weighted by Crippen LogP contribution is 2.34. The van der Waals surface area contributed by atoms with Crippen LogP contribution in [0, 0.1) is 0 Å². The molecule has 0 radical (unpaired) electrons. The van der Waals surface area contributed by atoms with Crippen LogP contribution in [-0.4, -0.2) is 16.8 Å². The molecule has 0 saturated carbocycles. The monoisotopic (exact) mass is 382 g/mol. The van der Waals surface area contributed by atoms with Crippen molar-refractivity contribution in [2.24, 2.45) is 0 Å². The summed E-state index contributed by atoms with van der Waals surface area (Å²) in [7, 11) is 0. The number of amides is 3. The fourth-order valence-electron chi connectivity index (χ4n) is 2.64. The molecule has 7 heteroatoms. The first kappa shape index (κ1) is 17.1. The molecule has 0 aliphatic carbocycles. The van der Waals surface area contributed by atoms with Gasteiger partial charge in [-0.2, -0.15) is 0 Å². The summed E-state index contributed by atoms with van der Waals surface area (Å²) in [4.78, 5) is 26.3. The van der Waals surface area contributed by atoms with Gasteiger partial charge in [0.1, 0.15) is 5.54 Å². The third kappa shape index (κ3) is 2.86. The van der Waals surface area contributed by atoms with Gasteiger partial charge < -0.3 is 5.32 Å². The lowest BCUT2D eigenvalue weighted by atomic mass is 9.92. The molecule has 1 aliphatic rings. The van der Waals surface area contributed by atoms with Crippen LogP contribution in [0.3, 0.4) is 0 Å². The molecule has 1 saturated heterocycles. The highest BCUT2D eigenvalue weighted by Gasteiger charge is 2.49. The molecular weight excluding hydrogens is 371 g/mol. The molecule has 4 nitrogen and oxygen atoms in total. The van der Waals surface area contributed by atoms with Crippen LogP contribution in [0.25, 0.3) is 0 Å². The largest absolute Gasteiger partial charge is 0.325 e. The van der Waals surface area contributed by atoms with Crippen molar-refractivity contribution < 1.29 is 9.59 Å². The first-order valence-electron chi connectivity index (χ1n) is 7.16. The molecule has 24 heavy (non-hydrogen) atoms. The molecule has 2 aromatic rings. The van der Waals surface area contributed by atoms with Crippen LogP contribution in [0.15, 0.2) is 42.5 Å². The van der Waals surface area contributed by atoms with Crippen molar-refractivity contribution in [2.45, 2.75) is 19.0 Å². The van der Waals surface area contributed by atoms with E-state index < -0.39 is 11.6 Å². The van der Waals surface area contributed by atoms with Crippen molar-refractivity contribution >= 4 is 46.7 Å². The standard InChI is InChI=1S/C17H13Cl3N2O2/c1-17(11-6-7-13(19)14(20)8-11)15(23)22(16(24)21-17)9-10-4-2-3-5-12(10)18/h2-8H,9H2,1H3,(H,21,24). The number of halogens is 3. The predicted molar refractivity (Wildman–Crippen MR) is 94.3 cm³/mol. The Balaban J connectivity index is 1.93. The Kier molecular flexibility index (Phi) is 4.47. The molecular formula is C17H13Cl3N2O2. The summed E-state index contributed by atoms with van der Waals surface area (Å²) in [6, 6.07) is 11.5. The zero-order chi connectivity index (χ0) is 17.5. The van der Waals surface area contributed by atoms with Gasteiger partial charge in [-0.15, -0.1) is 0 Å². The lowest BCUT2D eigenvalue weighted by molar-refractivity contribution is -0.131. The smallest absolute Gasteiger partial charge is 0.319 e. The van der Waals surface area contributed by atoms with Crippen molar-refractivity contribution in [3.63, 3.8) is 0 Å². The average Bonchev–Trinajstić information content (AvgIpc) is 2.76. The number of hydrogen-bond acceptors (Lipinski definition) is 2. The van der Waals surface area contributed by atoms with Gasteiger partial charge in [0.25, 0.3) is 5.91 Å². The second kappa shape index (κ2) is 6.28. The number of rotatable bonds is 3. The molecule has 0 aromatic heterocycles. The quantitative estimate of drug-likeness (QED) is 0.787. The minimum atomic E-state index is -1.20. The normalized spacial score (nSPS) is 20.4. The summed E-state index contributed by atoms with van der Waals surface area (Å²) in [6.45, 7) is 1.74. The van der Waals surface area contributed by atoms with E-state index in [1.807, 2.05) is 0 Å². The number of nitrogens with one attached hydrogen (secondary N) is 1. The van der Waals surface area contributed by atoms with Crippen molar-refractivity contribution in [2.75, 3.05) is 0 Å². The van der Waals surface area contributed by atoms with Gasteiger partial charge in [0, 0.05) is 5.02 Å². The number of nitrogens with zero attached hydrogens (tertiary/aromatic N) is 1. The molecule has 3 amide bonds. The van der Waals surface area contributed by atoms with E-state index in [2.05, 4.69) is 5.32 Å². The Morgan fingerprint density at radius 2 is 1.71 bits per heavy atom. The molecule has 1 aliphatic heterocycles. The Hall–Kier alpha value is -1.75. The van der Waals surface area contributed by atoms with Gasteiger partial charge in [0.2, 0.25) is 0 Å². The van der Waals surface area contributed by atoms with Gasteiger partial charge in [-0.05, 0) is 36.2 Å². The van der Waals surface area contributed by atoms with Crippen LogP contribution >= 0.6 is 34.8 Å². The highest BCUT2D eigenvalue weighted by molar-refractivity contribution is 6.42. The predicted octanol–water partition coefficient (Wildman–Crippen LogP) is 4.61. The Bertz CT molecular complexity index is 840. The lowest BCUT2D eigenvalue weighted by Gasteiger charge is -2.22. The van der Waals surface area contributed by atoms with Crippen LogP contribution in [0.1, 0.15) is 18.1 Å². The van der Waals surface area contributed by atoms with E-state index in [1.54, 1.807) is 49.4 Å². The van der Waals surface area contributed by atoms with Crippen molar-refractivity contribution in [3.8, 4) is 0 Å². The van der Waals surface area contributed by atoms with E-state index >= 15 is 0 Å². The second-order valence-corrected chi connectivity index (χ2v) is 6.89. The molecule has 1 N–H and O–H groups in total. The summed E-state index contributed by atoms with van der Waals surface area (Å²) in [6.07, 6.45) is 0. The summed E-state index contributed by atoms with van der Waals surface area (Å²) < 4.78 is 0. The molecule has 3 rings (SSSR count). The molecule has 1 unspecified atom stereocenters. The first-order chi connectivity index (χ1) is 11.3. The van der Waals surface area contributed by atoms with Crippen LogP contribution < -0.4 is 5.32 Å². The molecule has 1 fully saturated rings. The fraction of sp³-hybridized carbons (Fsp3) is 0.176. The second-order valence-electron chi connectivity index (χ2n) is 5.67. The maximum absolute atomic E-state index is 12.9. The van der Waals surface area contributed by atoms with Crippen LogP contribution in [0.4, 0.5) is 4.79 Å². The van der Waals surface area contributed by atoms with Gasteiger partial charge in [0.15, 0.2) is 0 Å².